The molecule has 3 nitrogen and oxygen atoms in total. The van der Waals surface area contributed by atoms with Crippen molar-refractivity contribution >= 4 is 18.2 Å². The van der Waals surface area contributed by atoms with E-state index in [1.807, 2.05) is 0 Å². The van der Waals surface area contributed by atoms with E-state index in [9.17, 15) is 4.79 Å². The Labute approximate surface area is 110 Å². The molecule has 17 heavy (non-hydrogen) atoms. The number of hydrogen-bond acceptors (Lipinski definition) is 3. The van der Waals surface area contributed by atoms with Crippen molar-refractivity contribution in [2.75, 3.05) is 25.2 Å². The molecule has 1 rings (SSSR count). The predicted molar refractivity (Wildman–Crippen MR) is 75.3 cm³/mol. The molecule has 1 aliphatic carbocycles. The first-order chi connectivity index (χ1) is 8.24. The number of nitrogens with one attached hydrogen (secondary N) is 1. The molecule has 0 aliphatic heterocycles. The Morgan fingerprint density at radius 2 is 2.00 bits per heavy atom. The molecule has 0 aromatic rings. The molecule has 0 unspecified atom stereocenters. The van der Waals surface area contributed by atoms with Crippen molar-refractivity contribution in [2.24, 2.45) is 11.8 Å². The molecular formula is C13H27NO2S. The first kappa shape index (κ1) is 16.8. The van der Waals surface area contributed by atoms with Gasteiger partial charge in [-0.05, 0) is 43.1 Å². The number of aliphatic hydroxyl groups is 1. The smallest absolute Gasteiger partial charge is 0.207 e. The molecule has 0 spiro atoms. The molecule has 0 saturated heterocycles. The third-order valence-corrected chi connectivity index (χ3v) is 3.84. The first-order valence-electron chi connectivity index (χ1n) is 6.51. The number of hydrogen-bond donors (Lipinski definition) is 2. The van der Waals surface area contributed by atoms with Crippen molar-refractivity contribution in [3.63, 3.8) is 0 Å². The van der Waals surface area contributed by atoms with Crippen molar-refractivity contribution in [3.8, 4) is 0 Å². The van der Waals surface area contributed by atoms with E-state index in [2.05, 4.69) is 18.5 Å². The van der Waals surface area contributed by atoms with Crippen LogP contribution in [0, 0.1) is 11.8 Å². The normalized spacial score (nSPS) is 23.5. The fourth-order valence-electron chi connectivity index (χ4n) is 1.89. The number of amides is 1. The van der Waals surface area contributed by atoms with Gasteiger partial charge in [-0.15, -0.1) is 0 Å². The van der Waals surface area contributed by atoms with Crippen LogP contribution in [0.2, 0.25) is 0 Å². The van der Waals surface area contributed by atoms with Crippen LogP contribution >= 0.6 is 11.8 Å². The lowest BCUT2D eigenvalue weighted by molar-refractivity contribution is -0.109. The second-order valence-electron chi connectivity index (χ2n) is 4.73. The van der Waals surface area contributed by atoms with Crippen molar-refractivity contribution < 1.29 is 9.90 Å². The largest absolute Gasteiger partial charge is 0.396 e. The van der Waals surface area contributed by atoms with Crippen LogP contribution in [-0.2, 0) is 4.79 Å². The van der Waals surface area contributed by atoms with Gasteiger partial charge in [-0.3, -0.25) is 4.79 Å². The van der Waals surface area contributed by atoms with Gasteiger partial charge in [-0.25, -0.2) is 0 Å². The summed E-state index contributed by atoms with van der Waals surface area (Å²) in [6, 6.07) is 0. The standard InChI is InChI=1S/C8H16O.C5H11NOS/c1-7-2-4-8(6-9)5-3-7;1-8-4-2-3-6-5-7/h7-9H,2-6H2,1H3;5H,2-4H2,1H3,(H,6,7). The minimum Gasteiger partial charge on any atom is -0.396 e. The van der Waals surface area contributed by atoms with Crippen LogP contribution in [0.4, 0.5) is 0 Å². The highest BCUT2D eigenvalue weighted by molar-refractivity contribution is 7.98. The van der Waals surface area contributed by atoms with Gasteiger partial charge in [0.25, 0.3) is 0 Å². The SMILES string of the molecule is CC1CCC(CO)CC1.CSCCCNC=O. The topological polar surface area (TPSA) is 49.3 Å². The molecule has 0 radical (unpaired) electrons. The third-order valence-electron chi connectivity index (χ3n) is 3.15. The summed E-state index contributed by atoms with van der Waals surface area (Å²) >= 11 is 1.80. The maximum atomic E-state index is 9.65. The molecule has 1 saturated carbocycles. The van der Waals surface area contributed by atoms with Crippen molar-refractivity contribution in [2.45, 2.75) is 39.0 Å². The van der Waals surface area contributed by atoms with Gasteiger partial charge in [-0.1, -0.05) is 19.8 Å². The summed E-state index contributed by atoms with van der Waals surface area (Å²) in [6.07, 6.45) is 9.01. The van der Waals surface area contributed by atoms with Crippen LogP contribution in [-0.4, -0.2) is 36.7 Å². The Morgan fingerprint density at radius 1 is 1.35 bits per heavy atom. The maximum Gasteiger partial charge on any atom is 0.207 e. The fraction of sp³-hybridized carbons (Fsp3) is 0.923. The average molecular weight is 261 g/mol. The second kappa shape index (κ2) is 12.2. The van der Waals surface area contributed by atoms with Crippen molar-refractivity contribution in [1.29, 1.82) is 0 Å². The highest BCUT2D eigenvalue weighted by Gasteiger charge is 2.16. The molecule has 0 bridgehead atoms. The Balaban J connectivity index is 0.000000304. The minimum absolute atomic E-state index is 0.409. The molecule has 0 atom stereocenters. The monoisotopic (exact) mass is 261 g/mol. The molecule has 0 heterocycles. The third kappa shape index (κ3) is 10.6. The summed E-state index contributed by atoms with van der Waals surface area (Å²) in [4.78, 5) is 9.65. The van der Waals surface area contributed by atoms with Gasteiger partial charge in [0.1, 0.15) is 0 Å². The molecule has 1 amide bonds. The van der Waals surface area contributed by atoms with Crippen LogP contribution in [0.3, 0.4) is 0 Å². The lowest BCUT2D eigenvalue weighted by atomic mass is 9.84. The second-order valence-corrected chi connectivity index (χ2v) is 5.71. The van der Waals surface area contributed by atoms with Crippen LogP contribution in [0.15, 0.2) is 0 Å². The highest BCUT2D eigenvalue weighted by atomic mass is 32.2. The zero-order chi connectivity index (χ0) is 12.9. The molecule has 0 aromatic heterocycles. The number of carbonyl (C=O) groups is 1. The van der Waals surface area contributed by atoms with Crippen molar-refractivity contribution in [3.05, 3.63) is 0 Å². The zero-order valence-electron chi connectivity index (χ0n) is 11.2. The summed E-state index contributed by atoms with van der Waals surface area (Å²) in [6.45, 7) is 3.52. The summed E-state index contributed by atoms with van der Waals surface area (Å²) in [5.74, 6) is 2.66. The van der Waals surface area contributed by atoms with E-state index in [-0.39, 0.29) is 0 Å². The van der Waals surface area contributed by atoms with Crippen LogP contribution in [0.5, 0.6) is 0 Å². The van der Waals surface area contributed by atoms with E-state index in [1.54, 1.807) is 11.8 Å². The summed E-state index contributed by atoms with van der Waals surface area (Å²) in [5.41, 5.74) is 0. The van der Waals surface area contributed by atoms with E-state index in [4.69, 9.17) is 5.11 Å². The van der Waals surface area contributed by atoms with Gasteiger partial charge in [0.15, 0.2) is 0 Å². The van der Waals surface area contributed by atoms with Gasteiger partial charge < -0.3 is 10.4 Å². The number of carbonyl (C=O) groups excluding carboxylic acids is 1. The highest BCUT2D eigenvalue weighted by Crippen LogP contribution is 2.27. The Morgan fingerprint density at radius 3 is 2.47 bits per heavy atom. The van der Waals surface area contributed by atoms with E-state index >= 15 is 0 Å². The van der Waals surface area contributed by atoms with Gasteiger partial charge in [0.2, 0.25) is 6.41 Å². The quantitative estimate of drug-likeness (QED) is 0.570. The molecule has 4 heteroatoms. The fourth-order valence-corrected chi connectivity index (χ4v) is 2.32. The van der Waals surface area contributed by atoms with Crippen LogP contribution in [0.25, 0.3) is 0 Å². The summed E-state index contributed by atoms with van der Waals surface area (Å²) in [7, 11) is 0. The van der Waals surface area contributed by atoms with Gasteiger partial charge in [-0.2, -0.15) is 11.8 Å². The van der Waals surface area contributed by atoms with Crippen LogP contribution < -0.4 is 5.32 Å². The molecule has 1 aliphatic rings. The molecule has 1 fully saturated rings. The summed E-state index contributed by atoms with van der Waals surface area (Å²) in [5, 5.41) is 11.4. The Bertz CT molecular complexity index is 171. The van der Waals surface area contributed by atoms with E-state index < -0.39 is 0 Å². The summed E-state index contributed by atoms with van der Waals surface area (Å²) < 4.78 is 0. The molecule has 2 N–H and O–H groups in total. The van der Waals surface area contributed by atoms with Crippen molar-refractivity contribution in [1.82, 2.24) is 5.32 Å². The average Bonchev–Trinajstić information content (AvgIpc) is 2.37. The number of rotatable bonds is 6. The minimum atomic E-state index is 0.409. The van der Waals surface area contributed by atoms with E-state index in [0.29, 0.717) is 12.5 Å². The maximum absolute atomic E-state index is 9.65. The van der Waals surface area contributed by atoms with E-state index in [1.165, 1.54) is 25.7 Å². The first-order valence-corrected chi connectivity index (χ1v) is 7.90. The van der Waals surface area contributed by atoms with Gasteiger partial charge >= 0.3 is 0 Å². The van der Waals surface area contributed by atoms with Gasteiger partial charge in [0, 0.05) is 13.2 Å². The zero-order valence-corrected chi connectivity index (χ0v) is 12.0. The lowest BCUT2D eigenvalue weighted by Crippen LogP contribution is -2.14. The predicted octanol–water partition coefficient (Wildman–Crippen LogP) is 2.29. The Kier molecular flexibility index (Phi) is 12.1. The molecular weight excluding hydrogens is 234 g/mol. The van der Waals surface area contributed by atoms with Crippen LogP contribution in [0.1, 0.15) is 39.0 Å². The lowest BCUT2D eigenvalue weighted by Gasteiger charge is -2.23. The molecule has 0 aromatic carbocycles. The molecule has 102 valence electrons. The Hall–Kier alpha value is -0.220. The number of aliphatic hydroxyl groups excluding tert-OH is 1. The van der Waals surface area contributed by atoms with E-state index in [0.717, 1.165) is 31.0 Å². The van der Waals surface area contributed by atoms with Gasteiger partial charge in [0.05, 0.1) is 0 Å². The number of thioether (sulfide) groups is 1.